The van der Waals surface area contributed by atoms with E-state index in [4.69, 9.17) is 37.8 Å². The number of imide groups is 1. The summed E-state index contributed by atoms with van der Waals surface area (Å²) in [6, 6.07) is 12.4. The number of primary sulfonamides is 1. The first kappa shape index (κ1) is 30.8. The van der Waals surface area contributed by atoms with E-state index in [-0.39, 0.29) is 38.5 Å². The number of nitrogens with zero attached hydrogens (tertiary/aromatic N) is 2. The molecule has 4 rings (SSSR count). The SMILES string of the molecule is COc1ccc(CCN(C2CC(=O)N(c3ccc(S(N)(=O)=O)cc3)C2=O)S(=O)(=O)c2cc(Cl)ccc2Cl)cc1OC. The first-order valence-corrected chi connectivity index (χ1v) is 15.7. The molecule has 0 bridgehead atoms. The van der Waals surface area contributed by atoms with Crippen molar-refractivity contribution >= 4 is 60.8 Å². The summed E-state index contributed by atoms with van der Waals surface area (Å²) < 4.78 is 62.7. The van der Waals surface area contributed by atoms with Crippen LogP contribution in [0.2, 0.25) is 10.0 Å². The molecule has 1 fully saturated rings. The smallest absolute Gasteiger partial charge is 0.252 e. The molecular weight excluding hydrogens is 617 g/mol. The third kappa shape index (κ3) is 6.35. The van der Waals surface area contributed by atoms with Crippen LogP contribution in [0.25, 0.3) is 0 Å². The number of anilines is 1. The lowest BCUT2D eigenvalue weighted by Crippen LogP contribution is -2.46. The highest BCUT2D eigenvalue weighted by molar-refractivity contribution is 7.89. The van der Waals surface area contributed by atoms with Crippen molar-refractivity contribution in [1.29, 1.82) is 0 Å². The second-order valence-corrected chi connectivity index (χ2v) is 13.2. The molecule has 41 heavy (non-hydrogen) atoms. The summed E-state index contributed by atoms with van der Waals surface area (Å²) in [4.78, 5) is 27.0. The number of sulfonamides is 2. The minimum Gasteiger partial charge on any atom is -0.493 e. The zero-order valence-electron chi connectivity index (χ0n) is 21.8. The van der Waals surface area contributed by atoms with Crippen molar-refractivity contribution in [2.75, 3.05) is 25.7 Å². The van der Waals surface area contributed by atoms with Gasteiger partial charge in [0.15, 0.2) is 11.5 Å². The number of benzene rings is 3. The van der Waals surface area contributed by atoms with Crippen molar-refractivity contribution in [3.05, 3.63) is 76.3 Å². The third-order valence-corrected chi connectivity index (χ3v) is 10.00. The highest BCUT2D eigenvalue weighted by atomic mass is 35.5. The molecule has 3 aromatic carbocycles. The fraction of sp³-hybridized carbons (Fsp3) is 0.231. The van der Waals surface area contributed by atoms with E-state index in [1.807, 2.05) is 0 Å². The lowest BCUT2D eigenvalue weighted by Gasteiger charge is -2.27. The number of carbonyl (C=O) groups is 2. The number of nitrogens with two attached hydrogens (primary N) is 1. The predicted molar refractivity (Wildman–Crippen MR) is 152 cm³/mol. The maximum Gasteiger partial charge on any atom is 0.252 e. The summed E-state index contributed by atoms with van der Waals surface area (Å²) in [7, 11) is -5.52. The topological polar surface area (TPSA) is 153 Å². The molecular formula is C26H25Cl2N3O8S2. The van der Waals surface area contributed by atoms with Crippen LogP contribution in [0, 0.1) is 0 Å². The van der Waals surface area contributed by atoms with Gasteiger partial charge in [-0.15, -0.1) is 0 Å². The zero-order valence-corrected chi connectivity index (χ0v) is 24.9. The highest BCUT2D eigenvalue weighted by Crippen LogP contribution is 2.34. The molecule has 1 saturated heterocycles. The lowest BCUT2D eigenvalue weighted by molar-refractivity contribution is -0.122. The van der Waals surface area contributed by atoms with Crippen LogP contribution in [0.3, 0.4) is 0 Å². The standard InChI is InChI=1S/C26H25Cl2N3O8S2/c1-38-22-10-3-16(13-23(22)39-2)11-12-30(41(36,37)24-14-17(27)4-9-20(24)28)21-15-25(32)31(26(21)33)18-5-7-19(8-6-18)40(29,34)35/h3-10,13-14,21H,11-12,15H2,1-2H3,(H2,29,34,35). The summed E-state index contributed by atoms with van der Waals surface area (Å²) in [5.74, 6) is -0.579. The summed E-state index contributed by atoms with van der Waals surface area (Å²) >= 11 is 12.3. The van der Waals surface area contributed by atoms with Gasteiger partial charge in [0.2, 0.25) is 26.0 Å². The average molecular weight is 643 g/mol. The maximum atomic E-state index is 14.0. The van der Waals surface area contributed by atoms with Gasteiger partial charge >= 0.3 is 0 Å². The molecule has 15 heteroatoms. The summed E-state index contributed by atoms with van der Waals surface area (Å²) in [5, 5.41) is 5.13. The molecule has 1 atom stereocenters. The highest BCUT2D eigenvalue weighted by Gasteiger charge is 2.47. The number of methoxy groups -OCH3 is 2. The predicted octanol–water partition coefficient (Wildman–Crippen LogP) is 3.22. The van der Waals surface area contributed by atoms with Crippen molar-refractivity contribution in [2.24, 2.45) is 5.14 Å². The van der Waals surface area contributed by atoms with Gasteiger partial charge in [0.05, 0.1) is 36.2 Å². The quantitative estimate of drug-likeness (QED) is 0.331. The largest absolute Gasteiger partial charge is 0.493 e. The molecule has 1 aliphatic heterocycles. The van der Waals surface area contributed by atoms with Crippen molar-refractivity contribution in [1.82, 2.24) is 4.31 Å². The van der Waals surface area contributed by atoms with Crippen molar-refractivity contribution in [3.8, 4) is 11.5 Å². The second kappa shape index (κ2) is 12.0. The molecule has 11 nitrogen and oxygen atoms in total. The van der Waals surface area contributed by atoms with Gasteiger partial charge in [-0.3, -0.25) is 9.59 Å². The van der Waals surface area contributed by atoms with Gasteiger partial charge in [-0.25, -0.2) is 26.9 Å². The number of amides is 2. The summed E-state index contributed by atoms with van der Waals surface area (Å²) in [6.45, 7) is -0.206. The zero-order chi connectivity index (χ0) is 30.1. The van der Waals surface area contributed by atoms with Crippen molar-refractivity contribution < 1.29 is 35.9 Å². The van der Waals surface area contributed by atoms with Gasteiger partial charge in [0, 0.05) is 11.6 Å². The van der Waals surface area contributed by atoms with Crippen molar-refractivity contribution in [3.63, 3.8) is 0 Å². The van der Waals surface area contributed by atoms with Crippen LogP contribution in [0.5, 0.6) is 11.5 Å². The van der Waals surface area contributed by atoms with Gasteiger partial charge in [0.1, 0.15) is 10.9 Å². The Labute approximate surface area is 247 Å². The fourth-order valence-electron chi connectivity index (χ4n) is 4.42. The molecule has 0 radical (unpaired) electrons. The maximum absolute atomic E-state index is 14.0. The minimum absolute atomic E-state index is 0.0629. The molecule has 2 N–H and O–H groups in total. The van der Waals surface area contributed by atoms with Gasteiger partial charge in [0.25, 0.3) is 5.91 Å². The summed E-state index contributed by atoms with van der Waals surface area (Å²) in [6.07, 6.45) is -0.322. The van der Waals surface area contributed by atoms with Gasteiger partial charge in [-0.2, -0.15) is 4.31 Å². The molecule has 1 unspecified atom stereocenters. The molecule has 0 spiro atoms. The number of halogens is 2. The lowest BCUT2D eigenvalue weighted by atomic mass is 10.1. The van der Waals surface area contributed by atoms with Crippen LogP contribution in [0.4, 0.5) is 5.69 Å². The first-order valence-electron chi connectivity index (χ1n) is 12.0. The molecule has 0 aromatic heterocycles. The van der Waals surface area contributed by atoms with Gasteiger partial charge in [-0.1, -0.05) is 29.3 Å². The second-order valence-electron chi connectivity index (χ2n) is 8.96. The van der Waals surface area contributed by atoms with Gasteiger partial charge < -0.3 is 9.47 Å². The number of hydrogen-bond donors (Lipinski definition) is 1. The third-order valence-electron chi connectivity index (χ3n) is 6.44. The van der Waals surface area contributed by atoms with E-state index in [9.17, 15) is 26.4 Å². The average Bonchev–Trinajstić information content (AvgIpc) is 3.22. The van der Waals surface area contributed by atoms with E-state index in [2.05, 4.69) is 0 Å². The van der Waals surface area contributed by atoms with Crippen LogP contribution in [-0.2, 0) is 36.1 Å². The number of ether oxygens (including phenoxy) is 2. The minimum atomic E-state index is -4.46. The Hall–Kier alpha value is -3.20. The Morgan fingerprint density at radius 3 is 2.20 bits per heavy atom. The Balaban J connectivity index is 1.73. The Morgan fingerprint density at radius 1 is 0.927 bits per heavy atom. The van der Waals surface area contributed by atoms with Crippen LogP contribution >= 0.6 is 23.2 Å². The van der Waals surface area contributed by atoms with Gasteiger partial charge in [-0.05, 0) is 66.6 Å². The normalized spacial score (nSPS) is 16.0. The number of hydrogen-bond acceptors (Lipinski definition) is 8. The Bertz CT molecular complexity index is 1710. The molecule has 218 valence electrons. The fourth-order valence-corrected chi connectivity index (χ4v) is 7.25. The first-order chi connectivity index (χ1) is 19.3. The van der Waals surface area contributed by atoms with Crippen LogP contribution < -0.4 is 19.5 Å². The van der Waals surface area contributed by atoms with E-state index < -0.39 is 44.3 Å². The van der Waals surface area contributed by atoms with E-state index in [0.29, 0.717) is 17.1 Å². The molecule has 0 aliphatic carbocycles. The summed E-state index contributed by atoms with van der Waals surface area (Å²) in [5.41, 5.74) is 0.736. The Morgan fingerprint density at radius 2 is 1.59 bits per heavy atom. The molecule has 3 aromatic rings. The van der Waals surface area contributed by atoms with Crippen LogP contribution in [0.1, 0.15) is 12.0 Å². The van der Waals surface area contributed by atoms with E-state index in [1.54, 1.807) is 18.2 Å². The Kier molecular flexibility index (Phi) is 8.97. The molecule has 2 amide bonds. The van der Waals surface area contributed by atoms with E-state index >= 15 is 0 Å². The van der Waals surface area contributed by atoms with Crippen LogP contribution in [0.15, 0.2) is 70.5 Å². The molecule has 0 saturated carbocycles. The molecule has 1 heterocycles. The monoisotopic (exact) mass is 641 g/mol. The molecule has 1 aliphatic rings. The van der Waals surface area contributed by atoms with E-state index in [1.165, 1.54) is 44.6 Å². The number of rotatable bonds is 10. The van der Waals surface area contributed by atoms with E-state index in [0.717, 1.165) is 21.3 Å². The van der Waals surface area contributed by atoms with Crippen LogP contribution in [-0.4, -0.2) is 59.8 Å². The van der Waals surface area contributed by atoms with Crippen molar-refractivity contribution in [2.45, 2.75) is 28.7 Å². The number of carbonyl (C=O) groups excluding carboxylic acids is 2.